The largest absolute Gasteiger partial charge is 0.493 e. The van der Waals surface area contributed by atoms with Crippen LogP contribution in [0.25, 0.3) is 0 Å². The predicted octanol–water partition coefficient (Wildman–Crippen LogP) is 2.09. The highest BCUT2D eigenvalue weighted by atomic mass is 16.5. The Hall–Kier alpha value is -1.26. The fourth-order valence-corrected chi connectivity index (χ4v) is 1.82. The van der Waals surface area contributed by atoms with Crippen molar-refractivity contribution in [3.05, 3.63) is 23.3 Å². The molecule has 0 saturated carbocycles. The van der Waals surface area contributed by atoms with Crippen LogP contribution in [-0.2, 0) is 6.54 Å². The molecule has 4 nitrogen and oxygen atoms in total. The Bertz CT molecular complexity index is 417. The van der Waals surface area contributed by atoms with Gasteiger partial charge in [-0.3, -0.25) is 0 Å². The van der Waals surface area contributed by atoms with E-state index in [0.717, 1.165) is 24.6 Å². The van der Waals surface area contributed by atoms with Crippen LogP contribution in [0.3, 0.4) is 0 Å². The van der Waals surface area contributed by atoms with E-state index in [2.05, 4.69) is 26.1 Å². The summed E-state index contributed by atoms with van der Waals surface area (Å²) in [6.45, 7) is 8.74. The van der Waals surface area contributed by atoms with Crippen LogP contribution in [0.4, 0.5) is 0 Å². The van der Waals surface area contributed by atoms with E-state index in [-0.39, 0.29) is 5.41 Å². The number of hydrogen-bond donors (Lipinski definition) is 2. The molecule has 0 heterocycles. The lowest BCUT2D eigenvalue weighted by atomic mass is 9.94. The minimum Gasteiger partial charge on any atom is -0.493 e. The Kier molecular flexibility index (Phi) is 5.63. The number of rotatable bonds is 7. The summed E-state index contributed by atoms with van der Waals surface area (Å²) in [5.41, 5.74) is 8.24. The molecular weight excluding hydrogens is 240 g/mol. The number of benzene rings is 1. The molecule has 1 aromatic rings. The maximum atomic E-state index is 5.72. The molecule has 0 amide bonds. The van der Waals surface area contributed by atoms with Gasteiger partial charge in [0.25, 0.3) is 0 Å². The Morgan fingerprint density at radius 1 is 1.16 bits per heavy atom. The molecule has 19 heavy (non-hydrogen) atoms. The average Bonchev–Trinajstić information content (AvgIpc) is 2.40. The molecule has 0 unspecified atom stereocenters. The number of hydrogen-bond acceptors (Lipinski definition) is 4. The lowest BCUT2D eigenvalue weighted by Gasteiger charge is -2.23. The van der Waals surface area contributed by atoms with Gasteiger partial charge in [0.05, 0.1) is 14.2 Å². The SMILES string of the molecule is COc1cc(C)c(CNCC(C)(C)CN)cc1OC. The summed E-state index contributed by atoms with van der Waals surface area (Å²) in [4.78, 5) is 0. The molecule has 0 bridgehead atoms. The zero-order valence-electron chi connectivity index (χ0n) is 12.7. The van der Waals surface area contributed by atoms with Gasteiger partial charge >= 0.3 is 0 Å². The molecular formula is C15H26N2O2. The van der Waals surface area contributed by atoms with E-state index in [1.54, 1.807) is 14.2 Å². The molecule has 0 aliphatic rings. The smallest absolute Gasteiger partial charge is 0.161 e. The number of nitrogens with two attached hydrogens (primary N) is 1. The van der Waals surface area contributed by atoms with E-state index in [1.807, 2.05) is 12.1 Å². The summed E-state index contributed by atoms with van der Waals surface area (Å²) in [6.07, 6.45) is 0. The van der Waals surface area contributed by atoms with Gasteiger partial charge in [0.2, 0.25) is 0 Å². The number of methoxy groups -OCH3 is 2. The maximum Gasteiger partial charge on any atom is 0.161 e. The second-order valence-corrected chi connectivity index (χ2v) is 5.61. The van der Waals surface area contributed by atoms with Gasteiger partial charge in [-0.05, 0) is 42.1 Å². The van der Waals surface area contributed by atoms with E-state index in [9.17, 15) is 0 Å². The topological polar surface area (TPSA) is 56.5 Å². The zero-order valence-corrected chi connectivity index (χ0v) is 12.7. The molecule has 3 N–H and O–H groups in total. The van der Waals surface area contributed by atoms with Crippen molar-refractivity contribution in [1.29, 1.82) is 0 Å². The van der Waals surface area contributed by atoms with Crippen molar-refractivity contribution in [2.75, 3.05) is 27.3 Å². The highest BCUT2D eigenvalue weighted by molar-refractivity contribution is 5.46. The van der Waals surface area contributed by atoms with Crippen molar-refractivity contribution in [2.24, 2.45) is 11.1 Å². The molecule has 0 radical (unpaired) electrons. The molecule has 0 aliphatic carbocycles. The van der Waals surface area contributed by atoms with Gasteiger partial charge in [-0.25, -0.2) is 0 Å². The number of aryl methyl sites for hydroxylation is 1. The van der Waals surface area contributed by atoms with Crippen molar-refractivity contribution in [3.8, 4) is 11.5 Å². The van der Waals surface area contributed by atoms with E-state index in [4.69, 9.17) is 15.2 Å². The second-order valence-electron chi connectivity index (χ2n) is 5.61. The van der Waals surface area contributed by atoms with Crippen LogP contribution in [0.15, 0.2) is 12.1 Å². The van der Waals surface area contributed by atoms with E-state index in [1.165, 1.54) is 11.1 Å². The average molecular weight is 266 g/mol. The third-order valence-electron chi connectivity index (χ3n) is 3.31. The van der Waals surface area contributed by atoms with Crippen molar-refractivity contribution in [3.63, 3.8) is 0 Å². The van der Waals surface area contributed by atoms with Gasteiger partial charge in [0.1, 0.15) is 0 Å². The molecule has 4 heteroatoms. The minimum atomic E-state index is 0.116. The molecule has 0 saturated heterocycles. The number of ether oxygens (including phenoxy) is 2. The highest BCUT2D eigenvalue weighted by Crippen LogP contribution is 2.30. The first kappa shape index (κ1) is 15.8. The Morgan fingerprint density at radius 2 is 1.74 bits per heavy atom. The summed E-state index contributed by atoms with van der Waals surface area (Å²) in [6, 6.07) is 4.03. The first-order valence-corrected chi connectivity index (χ1v) is 6.56. The molecule has 0 spiro atoms. The van der Waals surface area contributed by atoms with Crippen molar-refractivity contribution < 1.29 is 9.47 Å². The maximum absolute atomic E-state index is 5.72. The van der Waals surface area contributed by atoms with Crippen LogP contribution < -0.4 is 20.5 Å². The molecule has 1 aromatic carbocycles. The second kappa shape index (κ2) is 6.78. The van der Waals surface area contributed by atoms with Crippen molar-refractivity contribution in [2.45, 2.75) is 27.3 Å². The zero-order chi connectivity index (χ0) is 14.5. The molecule has 0 aromatic heterocycles. The summed E-state index contributed by atoms with van der Waals surface area (Å²) >= 11 is 0. The quantitative estimate of drug-likeness (QED) is 0.793. The Labute approximate surface area is 116 Å². The first-order chi connectivity index (χ1) is 8.93. The van der Waals surface area contributed by atoms with Gasteiger partial charge in [0, 0.05) is 13.1 Å². The molecule has 1 rings (SSSR count). The highest BCUT2D eigenvalue weighted by Gasteiger charge is 2.15. The molecule has 0 aliphatic heterocycles. The monoisotopic (exact) mass is 266 g/mol. The van der Waals surface area contributed by atoms with Gasteiger partial charge in [0.15, 0.2) is 11.5 Å². The van der Waals surface area contributed by atoms with E-state index in [0.29, 0.717) is 6.54 Å². The first-order valence-electron chi connectivity index (χ1n) is 6.56. The van der Waals surface area contributed by atoms with Crippen LogP contribution in [0.2, 0.25) is 0 Å². The fraction of sp³-hybridized carbons (Fsp3) is 0.600. The van der Waals surface area contributed by atoms with Crippen LogP contribution in [0.5, 0.6) is 11.5 Å². The normalized spacial score (nSPS) is 11.5. The van der Waals surface area contributed by atoms with Crippen molar-refractivity contribution >= 4 is 0 Å². The molecule has 0 fully saturated rings. The molecule has 0 atom stereocenters. The summed E-state index contributed by atoms with van der Waals surface area (Å²) < 4.78 is 10.6. The molecule has 108 valence electrons. The van der Waals surface area contributed by atoms with Crippen LogP contribution in [0.1, 0.15) is 25.0 Å². The lowest BCUT2D eigenvalue weighted by molar-refractivity contribution is 0.347. The Balaban J connectivity index is 2.73. The van der Waals surface area contributed by atoms with Crippen molar-refractivity contribution in [1.82, 2.24) is 5.32 Å². The summed E-state index contributed by atoms with van der Waals surface area (Å²) in [7, 11) is 3.31. The van der Waals surface area contributed by atoms with Gasteiger partial charge in [-0.15, -0.1) is 0 Å². The summed E-state index contributed by atoms with van der Waals surface area (Å²) in [5, 5.41) is 3.45. The Morgan fingerprint density at radius 3 is 2.26 bits per heavy atom. The van der Waals surface area contributed by atoms with E-state index >= 15 is 0 Å². The third-order valence-corrected chi connectivity index (χ3v) is 3.31. The third kappa shape index (κ3) is 4.40. The van der Waals surface area contributed by atoms with Crippen LogP contribution >= 0.6 is 0 Å². The van der Waals surface area contributed by atoms with Crippen LogP contribution in [-0.4, -0.2) is 27.3 Å². The minimum absolute atomic E-state index is 0.116. The predicted molar refractivity (Wildman–Crippen MR) is 78.8 cm³/mol. The number of nitrogens with one attached hydrogen (secondary N) is 1. The van der Waals surface area contributed by atoms with Gasteiger partial charge < -0.3 is 20.5 Å². The standard InChI is InChI=1S/C15H26N2O2/c1-11-6-13(18-4)14(19-5)7-12(11)8-17-10-15(2,3)9-16/h6-7,17H,8-10,16H2,1-5H3. The fourth-order valence-electron chi connectivity index (χ4n) is 1.82. The summed E-state index contributed by atoms with van der Waals surface area (Å²) in [5.74, 6) is 1.54. The van der Waals surface area contributed by atoms with Gasteiger partial charge in [-0.2, -0.15) is 0 Å². The van der Waals surface area contributed by atoms with Crippen LogP contribution in [0, 0.1) is 12.3 Å². The lowest BCUT2D eigenvalue weighted by Crippen LogP contribution is -2.35. The van der Waals surface area contributed by atoms with E-state index < -0.39 is 0 Å². The van der Waals surface area contributed by atoms with Gasteiger partial charge in [-0.1, -0.05) is 13.8 Å².